The molecule has 0 aromatic rings. The van der Waals surface area contributed by atoms with E-state index in [1.165, 1.54) is 0 Å². The van der Waals surface area contributed by atoms with Crippen molar-refractivity contribution >= 4 is 17.4 Å². The van der Waals surface area contributed by atoms with Gasteiger partial charge >= 0.3 is 0 Å². The van der Waals surface area contributed by atoms with Gasteiger partial charge in [-0.3, -0.25) is 4.79 Å². The van der Waals surface area contributed by atoms with Crippen molar-refractivity contribution in [3.8, 4) is 0 Å². The standard InChI is InChI=1S/C9H12ClNO/c1-6(11)9(12)7-3-2-4-8(10)5-7/h2-4,6-7H,5,11H2,1H3/t6-,7?/m0/s1. The van der Waals surface area contributed by atoms with Crippen LogP contribution in [-0.2, 0) is 4.79 Å². The van der Waals surface area contributed by atoms with E-state index in [1.807, 2.05) is 6.08 Å². The quantitative estimate of drug-likeness (QED) is 0.710. The number of Topliss-reactive ketones (excluding diaryl/α,β-unsaturated/α-hetero) is 1. The minimum Gasteiger partial charge on any atom is -0.322 e. The monoisotopic (exact) mass is 185 g/mol. The van der Waals surface area contributed by atoms with Crippen LogP contribution in [0.4, 0.5) is 0 Å². The average molecular weight is 186 g/mol. The zero-order valence-corrected chi connectivity index (χ0v) is 7.71. The van der Waals surface area contributed by atoms with Crippen molar-refractivity contribution < 1.29 is 4.79 Å². The van der Waals surface area contributed by atoms with Crippen LogP contribution < -0.4 is 5.73 Å². The van der Waals surface area contributed by atoms with Crippen LogP contribution in [-0.4, -0.2) is 11.8 Å². The molecule has 0 saturated heterocycles. The molecule has 0 aromatic heterocycles. The highest BCUT2D eigenvalue weighted by Gasteiger charge is 2.20. The van der Waals surface area contributed by atoms with Gasteiger partial charge in [-0.1, -0.05) is 23.8 Å². The summed E-state index contributed by atoms with van der Waals surface area (Å²) in [7, 11) is 0. The van der Waals surface area contributed by atoms with Crippen LogP contribution in [0.15, 0.2) is 23.3 Å². The number of ketones is 1. The Bertz CT molecular complexity index is 243. The van der Waals surface area contributed by atoms with Crippen LogP contribution in [0.25, 0.3) is 0 Å². The molecule has 0 aromatic carbocycles. The van der Waals surface area contributed by atoms with Crippen molar-refractivity contribution in [1.29, 1.82) is 0 Å². The van der Waals surface area contributed by atoms with Gasteiger partial charge in [0.2, 0.25) is 0 Å². The molecule has 0 heterocycles. The zero-order valence-electron chi connectivity index (χ0n) is 6.96. The third-order valence-electron chi connectivity index (χ3n) is 1.85. The van der Waals surface area contributed by atoms with E-state index in [-0.39, 0.29) is 11.7 Å². The van der Waals surface area contributed by atoms with E-state index in [0.29, 0.717) is 6.42 Å². The van der Waals surface area contributed by atoms with Crippen molar-refractivity contribution in [2.45, 2.75) is 19.4 Å². The minimum atomic E-state index is -0.401. The first-order valence-electron chi connectivity index (χ1n) is 3.93. The summed E-state index contributed by atoms with van der Waals surface area (Å²) in [4.78, 5) is 11.4. The molecular weight excluding hydrogens is 174 g/mol. The lowest BCUT2D eigenvalue weighted by molar-refractivity contribution is -0.122. The minimum absolute atomic E-state index is 0.0532. The Morgan fingerprint density at radius 1 is 1.83 bits per heavy atom. The van der Waals surface area contributed by atoms with Gasteiger partial charge in [0.05, 0.1) is 6.04 Å². The maximum absolute atomic E-state index is 11.4. The highest BCUT2D eigenvalue weighted by molar-refractivity contribution is 6.30. The number of hydrogen-bond acceptors (Lipinski definition) is 2. The molecule has 2 nitrogen and oxygen atoms in total. The van der Waals surface area contributed by atoms with Gasteiger partial charge in [0.15, 0.2) is 5.78 Å². The number of hydrogen-bond donors (Lipinski definition) is 1. The van der Waals surface area contributed by atoms with E-state index in [1.54, 1.807) is 19.1 Å². The van der Waals surface area contributed by atoms with Gasteiger partial charge < -0.3 is 5.73 Å². The first kappa shape index (κ1) is 9.49. The molecule has 2 atom stereocenters. The van der Waals surface area contributed by atoms with E-state index in [2.05, 4.69) is 0 Å². The van der Waals surface area contributed by atoms with Crippen LogP contribution in [0.2, 0.25) is 0 Å². The molecule has 12 heavy (non-hydrogen) atoms. The lowest BCUT2D eigenvalue weighted by Crippen LogP contribution is -2.32. The fourth-order valence-corrected chi connectivity index (χ4v) is 1.41. The van der Waals surface area contributed by atoms with Crippen LogP contribution in [0.5, 0.6) is 0 Å². The van der Waals surface area contributed by atoms with Gasteiger partial charge in [-0.05, 0) is 19.4 Å². The maximum atomic E-state index is 11.4. The average Bonchev–Trinajstić information content (AvgIpc) is 2.03. The summed E-state index contributed by atoms with van der Waals surface area (Å²) in [5.41, 5.74) is 5.47. The first-order valence-corrected chi connectivity index (χ1v) is 4.31. The predicted molar refractivity (Wildman–Crippen MR) is 49.8 cm³/mol. The Hall–Kier alpha value is -0.600. The molecule has 1 rings (SSSR count). The molecule has 1 unspecified atom stereocenters. The molecule has 0 spiro atoms. The van der Waals surface area contributed by atoms with Gasteiger partial charge in [0.25, 0.3) is 0 Å². The van der Waals surface area contributed by atoms with Crippen LogP contribution >= 0.6 is 11.6 Å². The molecule has 0 fully saturated rings. The van der Waals surface area contributed by atoms with Gasteiger partial charge in [-0.15, -0.1) is 0 Å². The predicted octanol–water partition coefficient (Wildman–Crippen LogP) is 1.60. The third-order valence-corrected chi connectivity index (χ3v) is 2.13. The van der Waals surface area contributed by atoms with Gasteiger partial charge in [0, 0.05) is 11.0 Å². The Morgan fingerprint density at radius 2 is 2.50 bits per heavy atom. The van der Waals surface area contributed by atoms with Crippen molar-refractivity contribution in [1.82, 2.24) is 0 Å². The number of allylic oxidation sites excluding steroid dienone is 4. The maximum Gasteiger partial charge on any atom is 0.156 e. The second-order valence-corrected chi connectivity index (χ2v) is 3.49. The summed E-state index contributed by atoms with van der Waals surface area (Å²) in [6.45, 7) is 1.70. The fourth-order valence-electron chi connectivity index (χ4n) is 1.17. The first-order chi connectivity index (χ1) is 5.61. The van der Waals surface area contributed by atoms with Gasteiger partial charge in [-0.25, -0.2) is 0 Å². The molecule has 1 aliphatic rings. The molecule has 0 radical (unpaired) electrons. The van der Waals surface area contributed by atoms with E-state index < -0.39 is 6.04 Å². The molecule has 0 aliphatic heterocycles. The Labute approximate surface area is 77.1 Å². The zero-order chi connectivity index (χ0) is 9.14. The largest absolute Gasteiger partial charge is 0.322 e. The van der Waals surface area contributed by atoms with E-state index in [9.17, 15) is 4.79 Å². The summed E-state index contributed by atoms with van der Waals surface area (Å²) in [5.74, 6) is -0.0694. The summed E-state index contributed by atoms with van der Waals surface area (Å²) in [5, 5.41) is 0.719. The van der Waals surface area contributed by atoms with Crippen molar-refractivity contribution in [3.63, 3.8) is 0 Å². The molecule has 2 N–H and O–H groups in total. The molecule has 0 bridgehead atoms. The third kappa shape index (κ3) is 2.19. The van der Waals surface area contributed by atoms with Gasteiger partial charge in [0.1, 0.15) is 0 Å². The summed E-state index contributed by atoms with van der Waals surface area (Å²) in [6, 6.07) is -0.401. The fraction of sp³-hybridized carbons (Fsp3) is 0.444. The van der Waals surface area contributed by atoms with E-state index >= 15 is 0 Å². The second kappa shape index (κ2) is 3.87. The number of carbonyl (C=O) groups is 1. The number of carbonyl (C=O) groups excluding carboxylic acids is 1. The number of rotatable bonds is 2. The van der Waals surface area contributed by atoms with Gasteiger partial charge in [-0.2, -0.15) is 0 Å². The van der Waals surface area contributed by atoms with Crippen molar-refractivity contribution in [2.24, 2.45) is 11.7 Å². The highest BCUT2D eigenvalue weighted by atomic mass is 35.5. The van der Waals surface area contributed by atoms with Crippen LogP contribution in [0.1, 0.15) is 13.3 Å². The molecule has 66 valence electrons. The van der Waals surface area contributed by atoms with Crippen molar-refractivity contribution in [3.05, 3.63) is 23.3 Å². The number of halogens is 1. The topological polar surface area (TPSA) is 43.1 Å². The second-order valence-electron chi connectivity index (χ2n) is 3.00. The van der Waals surface area contributed by atoms with Crippen LogP contribution in [0, 0.1) is 5.92 Å². The Morgan fingerprint density at radius 3 is 3.00 bits per heavy atom. The smallest absolute Gasteiger partial charge is 0.156 e. The number of nitrogens with two attached hydrogens (primary N) is 1. The summed E-state index contributed by atoms with van der Waals surface area (Å²) < 4.78 is 0. The normalized spacial score (nSPS) is 24.9. The van der Waals surface area contributed by atoms with E-state index in [4.69, 9.17) is 17.3 Å². The lowest BCUT2D eigenvalue weighted by atomic mass is 9.93. The molecule has 0 saturated carbocycles. The Balaban J connectivity index is 2.63. The molecule has 0 amide bonds. The van der Waals surface area contributed by atoms with Crippen LogP contribution in [0.3, 0.4) is 0 Å². The lowest BCUT2D eigenvalue weighted by Gasteiger charge is -2.15. The summed E-state index contributed by atoms with van der Waals surface area (Å²) in [6.07, 6.45) is 6.04. The van der Waals surface area contributed by atoms with E-state index in [0.717, 1.165) is 5.03 Å². The molecule has 1 aliphatic carbocycles. The molecule has 3 heteroatoms. The highest BCUT2D eigenvalue weighted by Crippen LogP contribution is 2.22. The van der Waals surface area contributed by atoms with Crippen molar-refractivity contribution in [2.75, 3.05) is 0 Å². The SMILES string of the molecule is C[C@H](N)C(=O)C1C=CC=C(Cl)C1. The Kier molecular flexibility index (Phi) is 3.06. The summed E-state index contributed by atoms with van der Waals surface area (Å²) >= 11 is 5.78. The molecular formula is C9H12ClNO.